The maximum absolute atomic E-state index is 12.5. The Morgan fingerprint density at radius 1 is 1.35 bits per heavy atom. The number of halogens is 2. The molecule has 0 bridgehead atoms. The van der Waals surface area contributed by atoms with Gasteiger partial charge in [0.25, 0.3) is 0 Å². The number of anilines is 1. The largest absolute Gasteiger partial charge is 0.308 e. The Kier molecular flexibility index (Phi) is 1.87. The third-order valence-electron chi connectivity index (χ3n) is 4.10. The van der Waals surface area contributed by atoms with Crippen LogP contribution in [-0.4, -0.2) is 11.9 Å². The molecule has 4 heteroatoms. The van der Waals surface area contributed by atoms with Crippen molar-refractivity contribution < 1.29 is 4.79 Å². The highest BCUT2D eigenvalue weighted by molar-refractivity contribution is 9.10. The van der Waals surface area contributed by atoms with Gasteiger partial charge >= 0.3 is 0 Å². The molecule has 0 saturated heterocycles. The summed E-state index contributed by atoms with van der Waals surface area (Å²) in [5, 5.41) is 0.694. The van der Waals surface area contributed by atoms with Gasteiger partial charge in [-0.1, -0.05) is 11.6 Å². The first-order valence-corrected chi connectivity index (χ1v) is 7.14. The molecule has 0 radical (unpaired) electrons. The molecular formula is C13H11BrClNO. The first-order chi connectivity index (χ1) is 8.13. The van der Waals surface area contributed by atoms with Gasteiger partial charge in [-0.05, 0) is 59.3 Å². The molecule has 0 atom stereocenters. The monoisotopic (exact) mass is 311 g/mol. The Hall–Kier alpha value is -0.540. The van der Waals surface area contributed by atoms with E-state index in [-0.39, 0.29) is 5.41 Å². The quantitative estimate of drug-likeness (QED) is 0.775. The zero-order valence-corrected chi connectivity index (χ0v) is 11.5. The average Bonchev–Trinajstić information content (AvgIpc) is 3.14. The number of hydrogen-bond donors (Lipinski definition) is 0. The Morgan fingerprint density at radius 3 is 2.65 bits per heavy atom. The summed E-state index contributed by atoms with van der Waals surface area (Å²) in [5.41, 5.74) is 2.05. The van der Waals surface area contributed by atoms with Gasteiger partial charge in [0.2, 0.25) is 5.91 Å². The summed E-state index contributed by atoms with van der Waals surface area (Å²) in [4.78, 5) is 14.5. The summed E-state index contributed by atoms with van der Waals surface area (Å²) in [6.07, 6.45) is 4.26. The van der Waals surface area contributed by atoms with Crippen molar-refractivity contribution in [3.8, 4) is 0 Å². The van der Waals surface area contributed by atoms with Gasteiger partial charge in [-0.15, -0.1) is 0 Å². The van der Waals surface area contributed by atoms with E-state index in [1.54, 1.807) is 0 Å². The Labute approximate surface area is 113 Å². The third kappa shape index (κ3) is 1.24. The van der Waals surface area contributed by atoms with Gasteiger partial charge in [0.15, 0.2) is 0 Å². The molecule has 0 aromatic heterocycles. The molecule has 0 N–H and O–H groups in total. The predicted molar refractivity (Wildman–Crippen MR) is 70.6 cm³/mol. The number of amides is 1. The minimum absolute atomic E-state index is 0.189. The number of fused-ring (bicyclic) bond motifs is 2. The van der Waals surface area contributed by atoms with Gasteiger partial charge in [-0.2, -0.15) is 0 Å². The van der Waals surface area contributed by atoms with E-state index in [4.69, 9.17) is 11.6 Å². The first-order valence-electron chi connectivity index (χ1n) is 5.97. The van der Waals surface area contributed by atoms with Crippen molar-refractivity contribution in [1.29, 1.82) is 0 Å². The second-order valence-corrected chi connectivity index (χ2v) is 6.53. The van der Waals surface area contributed by atoms with E-state index in [1.807, 2.05) is 17.0 Å². The van der Waals surface area contributed by atoms with E-state index in [9.17, 15) is 4.79 Å². The van der Waals surface area contributed by atoms with E-state index in [1.165, 1.54) is 5.56 Å². The van der Waals surface area contributed by atoms with Crippen molar-refractivity contribution >= 4 is 39.1 Å². The number of rotatable bonds is 1. The molecule has 1 heterocycles. The normalized spacial score (nSPS) is 24.4. The molecule has 2 saturated carbocycles. The maximum atomic E-state index is 12.5. The van der Waals surface area contributed by atoms with Crippen molar-refractivity contribution in [2.24, 2.45) is 0 Å². The van der Waals surface area contributed by atoms with Gasteiger partial charge < -0.3 is 4.90 Å². The summed E-state index contributed by atoms with van der Waals surface area (Å²) >= 11 is 9.62. The molecule has 88 valence electrons. The Balaban J connectivity index is 1.95. The SMILES string of the molecule is O=C1N(C2CC2)c2cc(Cl)c(Br)cc2C12CC2. The molecule has 17 heavy (non-hydrogen) atoms. The van der Waals surface area contributed by atoms with Crippen LogP contribution >= 0.6 is 27.5 Å². The van der Waals surface area contributed by atoms with Crippen molar-refractivity contribution in [3.05, 3.63) is 27.2 Å². The Bertz CT molecular complexity index is 549. The van der Waals surface area contributed by atoms with Gasteiger partial charge in [-0.25, -0.2) is 0 Å². The Morgan fingerprint density at radius 2 is 2.06 bits per heavy atom. The van der Waals surface area contributed by atoms with Gasteiger partial charge in [0.05, 0.1) is 10.4 Å². The number of nitrogens with zero attached hydrogens (tertiary/aromatic N) is 1. The van der Waals surface area contributed by atoms with E-state index >= 15 is 0 Å². The number of benzene rings is 1. The number of carbonyl (C=O) groups excluding carboxylic acids is 1. The van der Waals surface area contributed by atoms with Crippen LogP contribution in [0, 0.1) is 0 Å². The zero-order valence-electron chi connectivity index (χ0n) is 9.17. The van der Waals surface area contributed by atoms with Crippen LogP contribution in [0.3, 0.4) is 0 Å². The van der Waals surface area contributed by atoms with Gasteiger partial charge in [0.1, 0.15) is 0 Å². The van der Waals surface area contributed by atoms with Crippen LogP contribution in [0.25, 0.3) is 0 Å². The van der Waals surface area contributed by atoms with Crippen LogP contribution in [-0.2, 0) is 10.2 Å². The van der Waals surface area contributed by atoms with E-state index < -0.39 is 0 Å². The van der Waals surface area contributed by atoms with Crippen LogP contribution in [0.2, 0.25) is 5.02 Å². The lowest BCUT2D eigenvalue weighted by Crippen LogP contribution is -2.33. The second-order valence-electron chi connectivity index (χ2n) is 5.27. The topological polar surface area (TPSA) is 20.3 Å². The van der Waals surface area contributed by atoms with Crippen LogP contribution in [0.1, 0.15) is 31.2 Å². The first kappa shape index (κ1) is 10.4. The number of hydrogen-bond acceptors (Lipinski definition) is 1. The summed E-state index contributed by atoms with van der Waals surface area (Å²) in [6.45, 7) is 0. The molecule has 0 unspecified atom stereocenters. The average molecular weight is 313 g/mol. The standard InChI is InChI=1S/C13H11BrClNO/c14-9-5-8-11(6-10(9)15)16(7-1-2-7)12(17)13(8)3-4-13/h5-7H,1-4H2. The molecule has 2 aliphatic carbocycles. The van der Waals surface area contributed by atoms with Crippen LogP contribution in [0.5, 0.6) is 0 Å². The van der Waals surface area contributed by atoms with Gasteiger partial charge in [-0.3, -0.25) is 4.79 Å². The molecular weight excluding hydrogens is 302 g/mol. The fraction of sp³-hybridized carbons (Fsp3) is 0.462. The van der Waals surface area contributed by atoms with Crippen molar-refractivity contribution in [3.63, 3.8) is 0 Å². The van der Waals surface area contributed by atoms with Crippen LogP contribution in [0.15, 0.2) is 16.6 Å². The van der Waals surface area contributed by atoms with Crippen molar-refractivity contribution in [2.75, 3.05) is 4.90 Å². The molecule has 1 spiro atoms. The van der Waals surface area contributed by atoms with E-state index in [0.717, 1.165) is 35.8 Å². The lowest BCUT2D eigenvalue weighted by Gasteiger charge is -2.17. The highest BCUT2D eigenvalue weighted by Gasteiger charge is 2.61. The van der Waals surface area contributed by atoms with E-state index in [0.29, 0.717) is 17.0 Å². The summed E-state index contributed by atoms with van der Waals surface area (Å²) in [5.74, 6) is 0.309. The molecule has 1 aromatic rings. The van der Waals surface area contributed by atoms with E-state index in [2.05, 4.69) is 15.9 Å². The second kappa shape index (κ2) is 3.07. The molecule has 2 nitrogen and oxygen atoms in total. The molecule has 2 fully saturated rings. The van der Waals surface area contributed by atoms with Crippen molar-refractivity contribution in [1.82, 2.24) is 0 Å². The fourth-order valence-electron chi connectivity index (χ4n) is 2.88. The maximum Gasteiger partial charge on any atom is 0.237 e. The molecule has 1 aliphatic heterocycles. The van der Waals surface area contributed by atoms with Crippen molar-refractivity contribution in [2.45, 2.75) is 37.1 Å². The predicted octanol–water partition coefficient (Wildman–Crippen LogP) is 3.64. The fourth-order valence-corrected chi connectivity index (χ4v) is 3.38. The van der Waals surface area contributed by atoms with Gasteiger partial charge in [0, 0.05) is 16.2 Å². The molecule has 3 aliphatic rings. The summed E-state index contributed by atoms with van der Waals surface area (Å²) < 4.78 is 0.898. The molecule has 1 aromatic carbocycles. The lowest BCUT2D eigenvalue weighted by atomic mass is 9.98. The lowest BCUT2D eigenvalue weighted by molar-refractivity contribution is -0.120. The molecule has 4 rings (SSSR count). The smallest absolute Gasteiger partial charge is 0.237 e. The molecule has 1 amide bonds. The van der Waals surface area contributed by atoms with Crippen LogP contribution < -0.4 is 4.90 Å². The third-order valence-corrected chi connectivity index (χ3v) is 5.30. The summed E-state index contributed by atoms with van der Waals surface area (Å²) in [6, 6.07) is 4.42. The highest BCUT2D eigenvalue weighted by Crippen LogP contribution is 2.60. The minimum Gasteiger partial charge on any atom is -0.308 e. The summed E-state index contributed by atoms with van der Waals surface area (Å²) in [7, 11) is 0. The van der Waals surface area contributed by atoms with Crippen LogP contribution in [0.4, 0.5) is 5.69 Å². The minimum atomic E-state index is -0.189. The number of carbonyl (C=O) groups is 1. The zero-order chi connectivity index (χ0) is 11.8. The highest BCUT2D eigenvalue weighted by atomic mass is 79.9.